The molecule has 2 rings (SSSR count). The third-order valence-corrected chi connectivity index (χ3v) is 3.61. The van der Waals surface area contributed by atoms with Gasteiger partial charge in [-0.15, -0.1) is 0 Å². The van der Waals surface area contributed by atoms with Crippen molar-refractivity contribution >= 4 is 0 Å². The maximum Gasteiger partial charge on any atom is 0.0717 e. The fraction of sp³-hybridized carbons (Fsp3) is 0.600. The third kappa shape index (κ3) is 4.49. The fourth-order valence-electron chi connectivity index (χ4n) is 2.22. The molecule has 1 atom stereocenters. The van der Waals surface area contributed by atoms with E-state index in [9.17, 15) is 0 Å². The van der Waals surface area contributed by atoms with Crippen LogP contribution in [0.3, 0.4) is 0 Å². The van der Waals surface area contributed by atoms with Gasteiger partial charge in [0.25, 0.3) is 0 Å². The Labute approximate surface area is 104 Å². The highest BCUT2D eigenvalue weighted by Crippen LogP contribution is 2.30. The summed E-state index contributed by atoms with van der Waals surface area (Å²) in [6.07, 6.45) is 6.65. The molecular weight excluding hydrogens is 210 g/mol. The number of benzene rings is 1. The van der Waals surface area contributed by atoms with Gasteiger partial charge in [-0.3, -0.25) is 0 Å². The first-order chi connectivity index (χ1) is 8.34. The van der Waals surface area contributed by atoms with E-state index in [0.717, 1.165) is 12.3 Å². The summed E-state index contributed by atoms with van der Waals surface area (Å²) in [5.41, 5.74) is 7.26. The zero-order valence-electron chi connectivity index (χ0n) is 10.5. The van der Waals surface area contributed by atoms with Gasteiger partial charge in [0.15, 0.2) is 0 Å². The highest BCUT2D eigenvalue weighted by Gasteiger charge is 2.17. The van der Waals surface area contributed by atoms with Crippen LogP contribution in [-0.4, -0.2) is 12.6 Å². The average molecular weight is 233 g/mol. The third-order valence-electron chi connectivity index (χ3n) is 3.61. The summed E-state index contributed by atoms with van der Waals surface area (Å²) < 4.78 is 5.64. The van der Waals surface area contributed by atoms with Crippen molar-refractivity contribution in [2.24, 2.45) is 11.7 Å². The second-order valence-electron chi connectivity index (χ2n) is 5.14. The van der Waals surface area contributed by atoms with Crippen LogP contribution in [0.25, 0.3) is 0 Å². The van der Waals surface area contributed by atoms with Crippen LogP contribution in [0.5, 0.6) is 0 Å². The summed E-state index contributed by atoms with van der Waals surface area (Å²) in [6, 6.07) is 10.5. The number of hydrogen-bond donors (Lipinski definition) is 1. The molecule has 1 unspecified atom stereocenters. The standard InChI is InChI=1S/C15H23NO/c16-15(10-9-13-7-4-8-13)12-17-11-14-5-2-1-3-6-14/h1-3,5-6,13,15H,4,7-12,16H2. The first-order valence-corrected chi connectivity index (χ1v) is 6.72. The van der Waals surface area contributed by atoms with Crippen LogP contribution in [0.4, 0.5) is 0 Å². The van der Waals surface area contributed by atoms with Crippen molar-refractivity contribution in [1.82, 2.24) is 0 Å². The lowest BCUT2D eigenvalue weighted by Gasteiger charge is -2.26. The normalized spacial score (nSPS) is 17.7. The highest BCUT2D eigenvalue weighted by atomic mass is 16.5. The summed E-state index contributed by atoms with van der Waals surface area (Å²) in [4.78, 5) is 0. The quantitative estimate of drug-likeness (QED) is 0.785. The molecule has 0 saturated heterocycles. The SMILES string of the molecule is NC(CCC1CCC1)COCc1ccccc1. The van der Waals surface area contributed by atoms with Crippen LogP contribution in [-0.2, 0) is 11.3 Å². The second kappa shape index (κ2) is 6.77. The Morgan fingerprint density at radius 3 is 2.65 bits per heavy atom. The molecule has 0 spiro atoms. The summed E-state index contributed by atoms with van der Waals surface area (Å²) in [7, 11) is 0. The highest BCUT2D eigenvalue weighted by molar-refractivity contribution is 5.13. The van der Waals surface area contributed by atoms with E-state index in [1.54, 1.807) is 0 Å². The summed E-state index contributed by atoms with van der Waals surface area (Å²) in [5.74, 6) is 0.954. The van der Waals surface area contributed by atoms with Gasteiger partial charge >= 0.3 is 0 Å². The largest absolute Gasteiger partial charge is 0.375 e. The van der Waals surface area contributed by atoms with E-state index in [1.807, 2.05) is 18.2 Å². The smallest absolute Gasteiger partial charge is 0.0717 e. The molecule has 1 saturated carbocycles. The van der Waals surface area contributed by atoms with E-state index < -0.39 is 0 Å². The topological polar surface area (TPSA) is 35.2 Å². The Balaban J connectivity index is 1.54. The fourth-order valence-corrected chi connectivity index (χ4v) is 2.22. The zero-order valence-corrected chi connectivity index (χ0v) is 10.5. The van der Waals surface area contributed by atoms with Crippen LogP contribution >= 0.6 is 0 Å². The molecule has 1 aromatic rings. The van der Waals surface area contributed by atoms with E-state index in [2.05, 4.69) is 12.1 Å². The lowest BCUT2D eigenvalue weighted by molar-refractivity contribution is 0.102. The molecule has 2 nitrogen and oxygen atoms in total. The predicted molar refractivity (Wildman–Crippen MR) is 70.6 cm³/mol. The number of hydrogen-bond acceptors (Lipinski definition) is 2. The molecule has 0 heterocycles. The minimum absolute atomic E-state index is 0.208. The Morgan fingerprint density at radius 1 is 1.24 bits per heavy atom. The van der Waals surface area contributed by atoms with Gasteiger partial charge in [0, 0.05) is 6.04 Å². The van der Waals surface area contributed by atoms with E-state index >= 15 is 0 Å². The van der Waals surface area contributed by atoms with Crippen LogP contribution in [0.2, 0.25) is 0 Å². The monoisotopic (exact) mass is 233 g/mol. The second-order valence-corrected chi connectivity index (χ2v) is 5.14. The van der Waals surface area contributed by atoms with E-state index in [0.29, 0.717) is 13.2 Å². The Bertz CT molecular complexity index is 308. The maximum absolute atomic E-state index is 6.04. The van der Waals surface area contributed by atoms with Gasteiger partial charge < -0.3 is 10.5 Å². The predicted octanol–water partition coefficient (Wildman–Crippen LogP) is 3.11. The van der Waals surface area contributed by atoms with Crippen LogP contribution in [0, 0.1) is 5.92 Å². The number of nitrogens with two attached hydrogens (primary N) is 1. The number of ether oxygens (including phenoxy) is 1. The molecule has 94 valence electrons. The van der Waals surface area contributed by atoms with Gasteiger partial charge in [-0.2, -0.15) is 0 Å². The van der Waals surface area contributed by atoms with Crippen molar-refractivity contribution in [2.75, 3.05) is 6.61 Å². The summed E-state index contributed by atoms with van der Waals surface area (Å²) >= 11 is 0. The van der Waals surface area contributed by atoms with Crippen molar-refractivity contribution in [3.8, 4) is 0 Å². The first-order valence-electron chi connectivity index (χ1n) is 6.72. The Morgan fingerprint density at radius 2 is 2.00 bits per heavy atom. The molecule has 2 N–H and O–H groups in total. The molecule has 0 aromatic heterocycles. The van der Waals surface area contributed by atoms with Gasteiger partial charge in [0.2, 0.25) is 0 Å². The lowest BCUT2D eigenvalue weighted by Crippen LogP contribution is -2.27. The van der Waals surface area contributed by atoms with Crippen molar-refractivity contribution in [1.29, 1.82) is 0 Å². The van der Waals surface area contributed by atoms with Gasteiger partial charge in [-0.05, 0) is 24.3 Å². The van der Waals surface area contributed by atoms with E-state index in [-0.39, 0.29) is 6.04 Å². The molecule has 1 aromatic carbocycles. The van der Waals surface area contributed by atoms with Crippen LogP contribution in [0.1, 0.15) is 37.7 Å². The van der Waals surface area contributed by atoms with E-state index in [1.165, 1.54) is 31.2 Å². The lowest BCUT2D eigenvalue weighted by atomic mass is 9.81. The summed E-state index contributed by atoms with van der Waals surface area (Å²) in [5, 5.41) is 0. The van der Waals surface area contributed by atoms with Gasteiger partial charge in [0.1, 0.15) is 0 Å². The first kappa shape index (κ1) is 12.6. The van der Waals surface area contributed by atoms with Gasteiger partial charge in [0.05, 0.1) is 13.2 Å². The Kier molecular flexibility index (Phi) is 5.02. The average Bonchev–Trinajstić information content (AvgIpc) is 2.28. The minimum atomic E-state index is 0.208. The molecule has 1 aliphatic carbocycles. The van der Waals surface area contributed by atoms with Crippen molar-refractivity contribution < 1.29 is 4.74 Å². The zero-order chi connectivity index (χ0) is 11.9. The van der Waals surface area contributed by atoms with Gasteiger partial charge in [-0.1, -0.05) is 49.6 Å². The molecule has 0 amide bonds. The molecule has 0 radical (unpaired) electrons. The van der Waals surface area contributed by atoms with Crippen LogP contribution < -0.4 is 5.73 Å². The molecule has 1 fully saturated rings. The molecule has 2 heteroatoms. The van der Waals surface area contributed by atoms with Crippen molar-refractivity contribution in [3.05, 3.63) is 35.9 Å². The van der Waals surface area contributed by atoms with Crippen molar-refractivity contribution in [2.45, 2.75) is 44.8 Å². The van der Waals surface area contributed by atoms with Crippen molar-refractivity contribution in [3.63, 3.8) is 0 Å². The number of rotatable bonds is 7. The minimum Gasteiger partial charge on any atom is -0.375 e. The molecule has 0 bridgehead atoms. The van der Waals surface area contributed by atoms with Gasteiger partial charge in [-0.25, -0.2) is 0 Å². The molecular formula is C15H23NO. The molecule has 1 aliphatic rings. The van der Waals surface area contributed by atoms with E-state index in [4.69, 9.17) is 10.5 Å². The molecule has 17 heavy (non-hydrogen) atoms. The summed E-state index contributed by atoms with van der Waals surface area (Å²) in [6.45, 7) is 1.36. The van der Waals surface area contributed by atoms with Crippen LogP contribution in [0.15, 0.2) is 30.3 Å². The maximum atomic E-state index is 6.04. The molecule has 0 aliphatic heterocycles. The Hall–Kier alpha value is -0.860.